The van der Waals surface area contributed by atoms with E-state index < -0.39 is 30.7 Å². The maximum atomic E-state index is 13.2. The highest BCUT2D eigenvalue weighted by molar-refractivity contribution is 14.1. The highest BCUT2D eigenvalue weighted by atomic mass is 127. The van der Waals surface area contributed by atoms with Crippen molar-refractivity contribution in [2.45, 2.75) is 19.0 Å². The van der Waals surface area contributed by atoms with Crippen molar-refractivity contribution in [3.63, 3.8) is 0 Å². The van der Waals surface area contributed by atoms with E-state index in [2.05, 4.69) is 9.98 Å². The number of aliphatic imine (C=N–C) groups is 2. The molecule has 27 heavy (non-hydrogen) atoms. The summed E-state index contributed by atoms with van der Waals surface area (Å²) >= 11 is 1.77. The van der Waals surface area contributed by atoms with Gasteiger partial charge in [-0.15, -0.1) is 0 Å². The van der Waals surface area contributed by atoms with Gasteiger partial charge in [-0.2, -0.15) is 13.2 Å². The Kier molecular flexibility index (Phi) is 8.79. The van der Waals surface area contributed by atoms with Crippen LogP contribution in [0.3, 0.4) is 0 Å². The predicted octanol–water partition coefficient (Wildman–Crippen LogP) is 4.48. The van der Waals surface area contributed by atoms with Crippen LogP contribution in [0.25, 0.3) is 0 Å². The molecule has 0 saturated carbocycles. The van der Waals surface area contributed by atoms with Crippen molar-refractivity contribution in [1.29, 1.82) is 0 Å². The SMILES string of the molecule is NC=C(C=NCC(F)F)CC(C=C(N)C(F)(F)F)=Nc1ccc(F)cc1I. The van der Waals surface area contributed by atoms with Gasteiger partial charge in [-0.05, 0) is 58.6 Å². The fraction of sp³-hybridized carbons (Fsp3) is 0.250. The lowest BCUT2D eigenvalue weighted by Crippen LogP contribution is -2.21. The standard InChI is InChI=1S/C16H15F6IN4/c17-10-1-2-13(12(23)4-10)27-11(5-14(25)16(20,21)22)3-9(6-24)7-26-8-15(18)19/h1-2,4-7,15H,3,8,24-25H2. The normalized spacial score (nSPS) is 14.4. The van der Waals surface area contributed by atoms with Crippen LogP contribution in [0.5, 0.6) is 0 Å². The second-order valence-corrected chi connectivity index (χ2v) is 6.26. The molecule has 0 spiro atoms. The van der Waals surface area contributed by atoms with E-state index in [0.29, 0.717) is 9.65 Å². The van der Waals surface area contributed by atoms with Crippen LogP contribution < -0.4 is 11.5 Å². The molecule has 148 valence electrons. The van der Waals surface area contributed by atoms with Crippen LogP contribution in [-0.2, 0) is 0 Å². The summed E-state index contributed by atoms with van der Waals surface area (Å²) in [5.74, 6) is -0.535. The van der Waals surface area contributed by atoms with E-state index in [-0.39, 0.29) is 23.4 Å². The summed E-state index contributed by atoms with van der Waals surface area (Å²) in [6, 6.07) is 3.53. The Morgan fingerprint density at radius 3 is 2.44 bits per heavy atom. The topological polar surface area (TPSA) is 76.8 Å². The zero-order valence-corrected chi connectivity index (χ0v) is 15.8. The average Bonchev–Trinajstić information content (AvgIpc) is 2.55. The molecule has 1 rings (SSSR count). The van der Waals surface area contributed by atoms with E-state index in [1.165, 1.54) is 6.07 Å². The first kappa shape index (κ1) is 23.0. The molecule has 4 nitrogen and oxygen atoms in total. The van der Waals surface area contributed by atoms with Crippen molar-refractivity contribution >= 4 is 40.2 Å². The van der Waals surface area contributed by atoms with Gasteiger partial charge in [0.2, 0.25) is 0 Å². The Morgan fingerprint density at radius 2 is 1.93 bits per heavy atom. The minimum Gasteiger partial charge on any atom is -0.404 e. The molecule has 0 fully saturated rings. The van der Waals surface area contributed by atoms with E-state index in [4.69, 9.17) is 11.5 Å². The minimum atomic E-state index is -4.78. The molecule has 0 aliphatic heterocycles. The third-order valence-corrected chi connectivity index (χ3v) is 3.79. The van der Waals surface area contributed by atoms with E-state index in [1.54, 1.807) is 22.6 Å². The van der Waals surface area contributed by atoms with E-state index in [1.807, 2.05) is 0 Å². The summed E-state index contributed by atoms with van der Waals surface area (Å²) in [6.07, 6.45) is -5.08. The predicted molar refractivity (Wildman–Crippen MR) is 101 cm³/mol. The molecule has 4 N–H and O–H groups in total. The monoisotopic (exact) mass is 504 g/mol. The molecule has 0 unspecified atom stereocenters. The van der Waals surface area contributed by atoms with Gasteiger partial charge in [-0.1, -0.05) is 0 Å². The quantitative estimate of drug-likeness (QED) is 0.327. The number of hydrogen-bond acceptors (Lipinski definition) is 4. The van der Waals surface area contributed by atoms with Gasteiger partial charge < -0.3 is 11.5 Å². The van der Waals surface area contributed by atoms with Gasteiger partial charge in [-0.3, -0.25) is 9.98 Å². The molecule has 0 aromatic heterocycles. The molecular weight excluding hydrogens is 489 g/mol. The lowest BCUT2D eigenvalue weighted by molar-refractivity contribution is -0.0925. The smallest absolute Gasteiger partial charge is 0.404 e. The number of hydrogen-bond donors (Lipinski definition) is 2. The first-order chi connectivity index (χ1) is 12.5. The fourth-order valence-electron chi connectivity index (χ4n) is 1.72. The highest BCUT2D eigenvalue weighted by Gasteiger charge is 2.31. The van der Waals surface area contributed by atoms with Crippen molar-refractivity contribution in [3.05, 3.63) is 51.1 Å². The van der Waals surface area contributed by atoms with Crippen LogP contribution in [0.4, 0.5) is 32.0 Å². The zero-order valence-electron chi connectivity index (χ0n) is 13.7. The number of nitrogens with two attached hydrogens (primary N) is 2. The van der Waals surface area contributed by atoms with Crippen LogP contribution in [0.15, 0.2) is 51.7 Å². The number of alkyl halides is 5. The molecule has 0 aliphatic rings. The third kappa shape index (κ3) is 8.45. The Bertz CT molecular complexity index is 769. The Balaban J connectivity index is 3.25. The lowest BCUT2D eigenvalue weighted by atomic mass is 10.1. The van der Waals surface area contributed by atoms with Gasteiger partial charge in [-0.25, -0.2) is 13.2 Å². The van der Waals surface area contributed by atoms with Crippen LogP contribution in [0.2, 0.25) is 0 Å². The van der Waals surface area contributed by atoms with Gasteiger partial charge in [0.25, 0.3) is 6.43 Å². The van der Waals surface area contributed by atoms with Crippen molar-refractivity contribution in [3.8, 4) is 0 Å². The van der Waals surface area contributed by atoms with Crippen LogP contribution in [0.1, 0.15) is 6.42 Å². The molecule has 0 aliphatic carbocycles. The van der Waals surface area contributed by atoms with Crippen molar-refractivity contribution in [1.82, 2.24) is 0 Å². The lowest BCUT2D eigenvalue weighted by Gasteiger charge is -2.09. The van der Waals surface area contributed by atoms with Crippen molar-refractivity contribution in [2.75, 3.05) is 6.54 Å². The molecule has 11 heteroatoms. The summed E-state index contributed by atoms with van der Waals surface area (Å²) in [4.78, 5) is 7.52. The summed E-state index contributed by atoms with van der Waals surface area (Å²) < 4.78 is 76.1. The number of benzene rings is 1. The molecule has 0 bridgehead atoms. The zero-order chi connectivity index (χ0) is 20.6. The van der Waals surface area contributed by atoms with Crippen LogP contribution in [-0.4, -0.2) is 31.1 Å². The Hall–Kier alpha value is -2.05. The second-order valence-electron chi connectivity index (χ2n) is 5.10. The average molecular weight is 504 g/mol. The fourth-order valence-corrected chi connectivity index (χ4v) is 2.32. The summed E-state index contributed by atoms with van der Waals surface area (Å²) in [6.45, 7) is -0.778. The molecule has 1 aromatic rings. The maximum Gasteiger partial charge on any atom is 0.430 e. The molecule has 0 radical (unpaired) electrons. The van der Waals surface area contributed by atoms with Gasteiger partial charge in [0.15, 0.2) is 0 Å². The number of nitrogens with zero attached hydrogens (tertiary/aromatic N) is 2. The number of rotatable bonds is 7. The van der Waals surface area contributed by atoms with Gasteiger partial charge in [0.1, 0.15) is 11.5 Å². The summed E-state index contributed by atoms with van der Waals surface area (Å²) in [5, 5.41) is 0. The molecular formula is C16H15F6IN4. The second kappa shape index (κ2) is 10.3. The summed E-state index contributed by atoms with van der Waals surface area (Å²) in [7, 11) is 0. The van der Waals surface area contributed by atoms with E-state index in [9.17, 15) is 26.3 Å². The van der Waals surface area contributed by atoms with Crippen LogP contribution >= 0.6 is 22.6 Å². The van der Waals surface area contributed by atoms with E-state index >= 15 is 0 Å². The molecule has 1 aromatic carbocycles. The van der Waals surface area contributed by atoms with Gasteiger partial charge in [0, 0.05) is 21.9 Å². The van der Waals surface area contributed by atoms with E-state index in [0.717, 1.165) is 24.5 Å². The first-order valence-corrected chi connectivity index (χ1v) is 8.36. The third-order valence-electron chi connectivity index (χ3n) is 2.92. The molecule has 0 saturated heterocycles. The maximum absolute atomic E-state index is 13.2. The Morgan fingerprint density at radius 1 is 1.26 bits per heavy atom. The van der Waals surface area contributed by atoms with Gasteiger partial charge >= 0.3 is 6.18 Å². The molecule has 0 heterocycles. The summed E-state index contributed by atoms with van der Waals surface area (Å²) in [5.41, 5.74) is 9.21. The largest absolute Gasteiger partial charge is 0.430 e. The Labute approximate surface area is 164 Å². The van der Waals surface area contributed by atoms with Crippen molar-refractivity contribution < 1.29 is 26.3 Å². The highest BCUT2D eigenvalue weighted by Crippen LogP contribution is 2.25. The van der Waals surface area contributed by atoms with Crippen LogP contribution in [0, 0.1) is 9.39 Å². The minimum absolute atomic E-state index is 0.151. The first-order valence-electron chi connectivity index (χ1n) is 7.28. The molecule has 0 atom stereocenters. The number of allylic oxidation sites excluding steroid dienone is 3. The molecule has 0 amide bonds. The van der Waals surface area contributed by atoms with Gasteiger partial charge in [0.05, 0.1) is 12.2 Å². The van der Waals surface area contributed by atoms with Crippen molar-refractivity contribution in [2.24, 2.45) is 21.5 Å². The number of halogens is 7.